The monoisotopic (exact) mass is 568 g/mol. The number of carboxylic acid groups (broad SMARTS) is 1. The van der Waals surface area contributed by atoms with Crippen LogP contribution in [0.2, 0.25) is 10.0 Å². The highest BCUT2D eigenvalue weighted by atomic mass is 35.5. The Kier molecular flexibility index (Phi) is 9.32. The van der Waals surface area contributed by atoms with Crippen molar-refractivity contribution < 1.29 is 23.1 Å². The number of carbonyl (C=O) groups excluding carboxylic acids is 1. The predicted molar refractivity (Wildman–Crippen MR) is 146 cm³/mol. The summed E-state index contributed by atoms with van der Waals surface area (Å²) in [7, 11) is -3.53. The molecule has 0 bridgehead atoms. The normalized spacial score (nSPS) is 23.3. The third kappa shape index (κ3) is 6.85. The SMILES string of the molecule is CCS(=O)(=O)NC[C@H](C(C)C)N1C(=O)[C@@](C)(CC(=O)O)CC(c2cccc(Cl)c2)[C@H]1c1ccc(Cl)cc1. The van der Waals surface area contributed by atoms with Gasteiger partial charge in [0.05, 0.1) is 23.6 Å². The van der Waals surface area contributed by atoms with Crippen LogP contribution >= 0.6 is 23.2 Å². The summed E-state index contributed by atoms with van der Waals surface area (Å²) < 4.78 is 27.3. The van der Waals surface area contributed by atoms with Crippen molar-refractivity contribution in [3.05, 3.63) is 69.7 Å². The van der Waals surface area contributed by atoms with E-state index in [-0.39, 0.29) is 42.9 Å². The first-order valence-electron chi connectivity index (χ1n) is 12.3. The molecule has 37 heavy (non-hydrogen) atoms. The Labute approximate surface area is 229 Å². The van der Waals surface area contributed by atoms with E-state index in [9.17, 15) is 23.1 Å². The first-order chi connectivity index (χ1) is 17.3. The minimum absolute atomic E-state index is 0.00901. The van der Waals surface area contributed by atoms with Crippen LogP contribution in [-0.4, -0.2) is 48.6 Å². The molecule has 2 aromatic carbocycles. The summed E-state index contributed by atoms with van der Waals surface area (Å²) >= 11 is 12.5. The van der Waals surface area contributed by atoms with Crippen LogP contribution in [0.1, 0.15) is 63.6 Å². The molecule has 0 radical (unpaired) electrons. The number of nitrogens with zero attached hydrogens (tertiary/aromatic N) is 1. The summed E-state index contributed by atoms with van der Waals surface area (Å²) in [5.41, 5.74) is 0.487. The van der Waals surface area contributed by atoms with Crippen LogP contribution < -0.4 is 4.72 Å². The molecule has 0 aliphatic carbocycles. The van der Waals surface area contributed by atoms with E-state index in [1.54, 1.807) is 36.9 Å². The van der Waals surface area contributed by atoms with Crippen LogP contribution in [0.5, 0.6) is 0 Å². The number of hydrogen-bond donors (Lipinski definition) is 2. The first-order valence-corrected chi connectivity index (χ1v) is 14.7. The zero-order valence-corrected chi connectivity index (χ0v) is 23.8. The average Bonchev–Trinajstić information content (AvgIpc) is 2.81. The Morgan fingerprint density at radius 1 is 1.14 bits per heavy atom. The van der Waals surface area contributed by atoms with Crippen molar-refractivity contribution >= 4 is 45.1 Å². The third-order valence-electron chi connectivity index (χ3n) is 7.15. The van der Waals surface area contributed by atoms with E-state index in [2.05, 4.69) is 4.72 Å². The van der Waals surface area contributed by atoms with E-state index in [1.165, 1.54) is 0 Å². The van der Waals surface area contributed by atoms with Crippen LogP contribution in [0, 0.1) is 11.3 Å². The number of benzene rings is 2. The smallest absolute Gasteiger partial charge is 0.304 e. The van der Waals surface area contributed by atoms with Crippen molar-refractivity contribution in [1.82, 2.24) is 9.62 Å². The molecule has 202 valence electrons. The fourth-order valence-corrected chi connectivity index (χ4v) is 6.17. The highest BCUT2D eigenvalue weighted by molar-refractivity contribution is 7.89. The van der Waals surface area contributed by atoms with Crippen molar-refractivity contribution in [2.75, 3.05) is 12.3 Å². The summed E-state index contributed by atoms with van der Waals surface area (Å²) in [5.74, 6) is -1.91. The molecule has 1 heterocycles. The largest absolute Gasteiger partial charge is 0.481 e. The van der Waals surface area contributed by atoms with Gasteiger partial charge in [-0.25, -0.2) is 13.1 Å². The molecule has 1 aliphatic rings. The molecule has 0 saturated carbocycles. The zero-order valence-electron chi connectivity index (χ0n) is 21.4. The topological polar surface area (TPSA) is 104 Å². The molecule has 2 aromatic rings. The number of carboxylic acids is 1. The number of halogens is 2. The van der Waals surface area contributed by atoms with Crippen LogP contribution in [0.4, 0.5) is 0 Å². The second-order valence-corrected chi connectivity index (χ2v) is 13.2. The Hall–Kier alpha value is -2.13. The molecule has 1 aliphatic heterocycles. The van der Waals surface area contributed by atoms with Gasteiger partial charge in [0.2, 0.25) is 15.9 Å². The van der Waals surface area contributed by atoms with Crippen molar-refractivity contribution in [3.63, 3.8) is 0 Å². The molecule has 0 aromatic heterocycles. The number of likely N-dealkylation sites (tertiary alicyclic amines) is 1. The van der Waals surface area contributed by atoms with Gasteiger partial charge in [-0.2, -0.15) is 0 Å². The third-order valence-corrected chi connectivity index (χ3v) is 9.00. The lowest BCUT2D eigenvalue weighted by Gasteiger charge is -2.52. The van der Waals surface area contributed by atoms with Gasteiger partial charge in [-0.05, 0) is 54.7 Å². The number of piperidine rings is 1. The minimum atomic E-state index is -3.53. The molecule has 0 spiro atoms. The molecule has 1 unspecified atom stereocenters. The van der Waals surface area contributed by atoms with Crippen molar-refractivity contribution in [2.24, 2.45) is 11.3 Å². The molecule has 10 heteroatoms. The molecular weight excluding hydrogens is 535 g/mol. The summed E-state index contributed by atoms with van der Waals surface area (Å²) in [4.78, 5) is 27.9. The average molecular weight is 570 g/mol. The molecule has 1 saturated heterocycles. The van der Waals surface area contributed by atoms with E-state index in [4.69, 9.17) is 23.2 Å². The van der Waals surface area contributed by atoms with Crippen molar-refractivity contribution in [3.8, 4) is 0 Å². The lowest BCUT2D eigenvalue weighted by Crippen LogP contribution is -2.59. The Balaban J connectivity index is 2.25. The maximum absolute atomic E-state index is 14.3. The van der Waals surface area contributed by atoms with Gasteiger partial charge < -0.3 is 10.0 Å². The lowest BCUT2D eigenvalue weighted by molar-refractivity contribution is -0.161. The molecule has 4 atom stereocenters. The highest BCUT2D eigenvalue weighted by Gasteiger charge is 2.52. The Morgan fingerprint density at radius 2 is 1.78 bits per heavy atom. The van der Waals surface area contributed by atoms with Gasteiger partial charge in [0.25, 0.3) is 0 Å². The van der Waals surface area contributed by atoms with Crippen molar-refractivity contribution in [2.45, 2.75) is 58.5 Å². The number of rotatable bonds is 10. The van der Waals surface area contributed by atoms with E-state index in [0.717, 1.165) is 11.1 Å². The van der Waals surface area contributed by atoms with E-state index < -0.39 is 33.5 Å². The van der Waals surface area contributed by atoms with Gasteiger partial charge in [0.1, 0.15) is 0 Å². The first kappa shape index (κ1) is 29.4. The van der Waals surface area contributed by atoms with Gasteiger partial charge in [-0.3, -0.25) is 9.59 Å². The summed E-state index contributed by atoms with van der Waals surface area (Å²) in [6, 6.07) is 13.6. The highest BCUT2D eigenvalue weighted by Crippen LogP contribution is 2.52. The van der Waals surface area contributed by atoms with E-state index >= 15 is 0 Å². The number of amides is 1. The molecule has 1 fully saturated rings. The van der Waals surface area contributed by atoms with Gasteiger partial charge in [-0.15, -0.1) is 0 Å². The Morgan fingerprint density at radius 3 is 2.32 bits per heavy atom. The van der Waals surface area contributed by atoms with Crippen LogP contribution in [0.25, 0.3) is 0 Å². The molecule has 7 nitrogen and oxygen atoms in total. The fourth-order valence-electron chi connectivity index (χ4n) is 5.21. The summed E-state index contributed by atoms with van der Waals surface area (Å²) in [6.45, 7) is 7.09. The van der Waals surface area contributed by atoms with Gasteiger partial charge in [0, 0.05) is 28.5 Å². The molecule has 3 rings (SSSR count). The number of aliphatic carboxylic acids is 1. The maximum Gasteiger partial charge on any atom is 0.304 e. The summed E-state index contributed by atoms with van der Waals surface area (Å²) in [6.07, 6.45) is -0.0635. The number of nitrogens with one attached hydrogen (secondary N) is 1. The second-order valence-electron chi connectivity index (χ2n) is 10.3. The minimum Gasteiger partial charge on any atom is -0.481 e. The second kappa shape index (κ2) is 11.7. The molecular formula is C27H34Cl2N2O5S. The maximum atomic E-state index is 14.3. The van der Waals surface area contributed by atoms with Crippen LogP contribution in [0.15, 0.2) is 48.5 Å². The molecule has 2 N–H and O–H groups in total. The van der Waals surface area contributed by atoms with Crippen molar-refractivity contribution in [1.29, 1.82) is 0 Å². The number of carbonyl (C=O) groups is 2. The zero-order chi connectivity index (χ0) is 27.5. The van der Waals surface area contributed by atoms with Crippen LogP contribution in [0.3, 0.4) is 0 Å². The van der Waals surface area contributed by atoms with Gasteiger partial charge in [0.15, 0.2) is 0 Å². The van der Waals surface area contributed by atoms with Crippen LogP contribution in [-0.2, 0) is 19.6 Å². The van der Waals surface area contributed by atoms with Gasteiger partial charge in [-0.1, -0.05) is 68.2 Å². The van der Waals surface area contributed by atoms with E-state index in [0.29, 0.717) is 10.0 Å². The van der Waals surface area contributed by atoms with Gasteiger partial charge >= 0.3 is 5.97 Å². The Bertz CT molecular complexity index is 1240. The number of hydrogen-bond acceptors (Lipinski definition) is 4. The number of sulfonamides is 1. The standard InChI is InChI=1S/C27H34Cl2N2O5S/c1-5-37(35,36)30-16-23(17(2)3)31-25(18-9-11-20(28)12-10-18)22(19-7-6-8-21(29)13-19)14-27(4,26(31)34)15-24(32)33/h6-13,17,22-23,25,30H,5,14-16H2,1-4H3,(H,32,33)/t22?,23-,25-,27-/m1/s1. The molecule has 1 amide bonds. The summed E-state index contributed by atoms with van der Waals surface area (Å²) in [5, 5.41) is 10.8. The quantitative estimate of drug-likeness (QED) is 0.394. The van der Waals surface area contributed by atoms with E-state index in [1.807, 2.05) is 44.2 Å². The lowest BCUT2D eigenvalue weighted by atomic mass is 9.66. The predicted octanol–water partition coefficient (Wildman–Crippen LogP) is 5.50. The fraction of sp³-hybridized carbons (Fsp3) is 0.481.